The van der Waals surface area contributed by atoms with Crippen molar-refractivity contribution in [2.75, 3.05) is 6.61 Å². The Morgan fingerprint density at radius 1 is 1.08 bits per heavy atom. The minimum atomic E-state index is -0.299. The van der Waals surface area contributed by atoms with Gasteiger partial charge in [0.05, 0.1) is 5.71 Å². The highest BCUT2D eigenvalue weighted by atomic mass is 79.9. The summed E-state index contributed by atoms with van der Waals surface area (Å²) in [5.74, 6) is 0.381. The van der Waals surface area contributed by atoms with Crippen LogP contribution in [0.2, 0.25) is 0 Å². The summed E-state index contributed by atoms with van der Waals surface area (Å²) in [5.41, 5.74) is 5.21. The Morgan fingerprint density at radius 3 is 2.62 bits per heavy atom. The molecule has 0 heterocycles. The Balaban J connectivity index is 1.61. The predicted octanol–water partition coefficient (Wildman–Crippen LogP) is 4.83. The van der Waals surface area contributed by atoms with Crippen molar-refractivity contribution in [3.63, 3.8) is 0 Å². The molecule has 0 atom stereocenters. The molecule has 0 radical (unpaired) electrons. The molecule has 4 nitrogen and oxygen atoms in total. The standard InChI is InChI=1S/C21H19BrN2O2/c1-14-11-19(22)9-10-20(14)26-13-21(25)24-23-15(2)17-8-7-16-5-3-4-6-18(16)12-17/h3-12H,13H2,1-2H3,(H,24,25). The van der Waals surface area contributed by atoms with E-state index in [0.29, 0.717) is 5.75 Å². The van der Waals surface area contributed by atoms with Gasteiger partial charge < -0.3 is 4.74 Å². The lowest BCUT2D eigenvalue weighted by Gasteiger charge is -2.09. The first kappa shape index (κ1) is 18.1. The summed E-state index contributed by atoms with van der Waals surface area (Å²) in [7, 11) is 0. The van der Waals surface area contributed by atoms with Gasteiger partial charge in [0.2, 0.25) is 0 Å². The average molecular weight is 411 g/mol. The zero-order valence-corrected chi connectivity index (χ0v) is 16.2. The maximum atomic E-state index is 12.0. The van der Waals surface area contributed by atoms with E-state index in [2.05, 4.69) is 44.7 Å². The molecule has 0 spiro atoms. The summed E-state index contributed by atoms with van der Waals surface area (Å²) in [5, 5.41) is 6.49. The van der Waals surface area contributed by atoms with Crippen molar-refractivity contribution in [2.24, 2.45) is 5.10 Å². The third kappa shape index (κ3) is 4.49. The Morgan fingerprint density at radius 2 is 1.85 bits per heavy atom. The summed E-state index contributed by atoms with van der Waals surface area (Å²) in [6.07, 6.45) is 0. The fourth-order valence-corrected chi connectivity index (χ4v) is 3.05. The highest BCUT2D eigenvalue weighted by Crippen LogP contribution is 2.22. The molecule has 0 saturated carbocycles. The number of hydrogen-bond acceptors (Lipinski definition) is 3. The number of halogens is 1. The molecule has 0 fully saturated rings. The van der Waals surface area contributed by atoms with Gasteiger partial charge in [-0.15, -0.1) is 0 Å². The monoisotopic (exact) mass is 410 g/mol. The van der Waals surface area contributed by atoms with E-state index in [4.69, 9.17) is 4.74 Å². The SMILES string of the molecule is CC(=NNC(=O)COc1ccc(Br)cc1C)c1ccc2ccccc2c1. The first-order valence-electron chi connectivity index (χ1n) is 8.24. The number of hydrogen-bond donors (Lipinski definition) is 1. The van der Waals surface area contributed by atoms with Crippen molar-refractivity contribution in [1.82, 2.24) is 5.43 Å². The van der Waals surface area contributed by atoms with Crippen LogP contribution in [0.25, 0.3) is 10.8 Å². The van der Waals surface area contributed by atoms with Gasteiger partial charge in [-0.05, 0) is 60.0 Å². The zero-order chi connectivity index (χ0) is 18.5. The normalized spacial score (nSPS) is 11.4. The molecule has 26 heavy (non-hydrogen) atoms. The number of hydrazone groups is 1. The molecule has 0 bridgehead atoms. The number of fused-ring (bicyclic) bond motifs is 1. The van der Waals surface area contributed by atoms with E-state index in [1.54, 1.807) is 0 Å². The van der Waals surface area contributed by atoms with Gasteiger partial charge in [0.1, 0.15) is 5.75 Å². The Kier molecular flexibility index (Phi) is 5.68. The molecule has 5 heteroatoms. The molecule has 1 N–H and O–H groups in total. The molecule has 0 aromatic heterocycles. The van der Waals surface area contributed by atoms with Gasteiger partial charge in [-0.25, -0.2) is 5.43 Å². The van der Waals surface area contributed by atoms with E-state index in [-0.39, 0.29) is 12.5 Å². The summed E-state index contributed by atoms with van der Waals surface area (Å²) in [6.45, 7) is 3.71. The second-order valence-corrected chi connectivity index (χ2v) is 6.91. The summed E-state index contributed by atoms with van der Waals surface area (Å²) < 4.78 is 6.52. The van der Waals surface area contributed by atoms with Gasteiger partial charge in [0.25, 0.3) is 5.91 Å². The van der Waals surface area contributed by atoms with E-state index in [1.807, 2.05) is 56.3 Å². The maximum Gasteiger partial charge on any atom is 0.277 e. The highest BCUT2D eigenvalue weighted by Gasteiger charge is 2.06. The molecule has 132 valence electrons. The lowest BCUT2D eigenvalue weighted by Crippen LogP contribution is -2.25. The molecule has 1 amide bonds. The molecule has 0 aliphatic carbocycles. The Labute approximate surface area is 161 Å². The molecule has 0 unspecified atom stereocenters. The van der Waals surface area contributed by atoms with Gasteiger partial charge in [0, 0.05) is 4.47 Å². The summed E-state index contributed by atoms with van der Waals surface area (Å²) in [4.78, 5) is 12.0. The number of nitrogens with zero attached hydrogens (tertiary/aromatic N) is 1. The third-order valence-electron chi connectivity index (χ3n) is 4.01. The van der Waals surface area contributed by atoms with E-state index in [0.717, 1.165) is 26.7 Å². The first-order chi connectivity index (χ1) is 12.5. The maximum absolute atomic E-state index is 12.0. The molecular weight excluding hydrogens is 392 g/mol. The van der Waals surface area contributed by atoms with Crippen molar-refractivity contribution >= 4 is 38.3 Å². The fraction of sp³-hybridized carbons (Fsp3) is 0.143. The number of ether oxygens (including phenoxy) is 1. The van der Waals surface area contributed by atoms with Crippen LogP contribution in [0.1, 0.15) is 18.1 Å². The molecular formula is C21H19BrN2O2. The molecule has 0 saturated heterocycles. The lowest BCUT2D eigenvalue weighted by molar-refractivity contribution is -0.123. The minimum absolute atomic E-state index is 0.0863. The molecule has 0 aliphatic heterocycles. The number of amides is 1. The topological polar surface area (TPSA) is 50.7 Å². The van der Waals surface area contributed by atoms with Crippen LogP contribution in [0.15, 0.2) is 70.2 Å². The average Bonchev–Trinajstić information content (AvgIpc) is 2.65. The van der Waals surface area contributed by atoms with E-state index in [1.165, 1.54) is 5.39 Å². The number of aryl methyl sites for hydroxylation is 1. The lowest BCUT2D eigenvalue weighted by atomic mass is 10.0. The molecule has 0 aliphatic rings. The first-order valence-corrected chi connectivity index (χ1v) is 9.03. The third-order valence-corrected chi connectivity index (χ3v) is 4.50. The van der Waals surface area contributed by atoms with Crippen molar-refractivity contribution in [3.8, 4) is 5.75 Å². The Bertz CT molecular complexity index is 983. The van der Waals surface area contributed by atoms with Gasteiger partial charge in [-0.1, -0.05) is 52.3 Å². The van der Waals surface area contributed by atoms with Gasteiger partial charge >= 0.3 is 0 Å². The van der Waals surface area contributed by atoms with Crippen molar-refractivity contribution in [1.29, 1.82) is 0 Å². The second kappa shape index (κ2) is 8.15. The van der Waals surface area contributed by atoms with E-state index < -0.39 is 0 Å². The van der Waals surface area contributed by atoms with Gasteiger partial charge in [-0.3, -0.25) is 4.79 Å². The van der Waals surface area contributed by atoms with Crippen LogP contribution in [-0.4, -0.2) is 18.2 Å². The molecule has 3 aromatic rings. The fourth-order valence-electron chi connectivity index (χ4n) is 2.58. The Hall–Kier alpha value is -2.66. The van der Waals surface area contributed by atoms with E-state index in [9.17, 15) is 4.79 Å². The number of nitrogens with one attached hydrogen (secondary N) is 1. The summed E-state index contributed by atoms with van der Waals surface area (Å²) >= 11 is 3.40. The highest BCUT2D eigenvalue weighted by molar-refractivity contribution is 9.10. The van der Waals surface area contributed by atoms with Crippen LogP contribution >= 0.6 is 15.9 Å². The molecule has 3 aromatic carbocycles. The second-order valence-electron chi connectivity index (χ2n) is 5.99. The van der Waals surface area contributed by atoms with Crippen LogP contribution < -0.4 is 10.2 Å². The van der Waals surface area contributed by atoms with Gasteiger partial charge in [-0.2, -0.15) is 5.10 Å². The van der Waals surface area contributed by atoms with Crippen molar-refractivity contribution < 1.29 is 9.53 Å². The van der Waals surface area contributed by atoms with Crippen LogP contribution in [0, 0.1) is 6.92 Å². The summed E-state index contributed by atoms with van der Waals surface area (Å²) in [6, 6.07) is 19.9. The number of carbonyl (C=O) groups is 1. The van der Waals surface area contributed by atoms with E-state index >= 15 is 0 Å². The van der Waals surface area contributed by atoms with Crippen molar-refractivity contribution in [3.05, 3.63) is 76.3 Å². The zero-order valence-electron chi connectivity index (χ0n) is 14.6. The molecule has 3 rings (SSSR count). The van der Waals surface area contributed by atoms with Crippen LogP contribution in [0.5, 0.6) is 5.75 Å². The number of benzene rings is 3. The van der Waals surface area contributed by atoms with Crippen LogP contribution in [-0.2, 0) is 4.79 Å². The largest absolute Gasteiger partial charge is 0.483 e. The van der Waals surface area contributed by atoms with Crippen LogP contribution in [0.4, 0.5) is 0 Å². The smallest absolute Gasteiger partial charge is 0.277 e. The quantitative estimate of drug-likeness (QED) is 0.483. The number of carbonyl (C=O) groups excluding carboxylic acids is 1. The van der Waals surface area contributed by atoms with Gasteiger partial charge in [0.15, 0.2) is 6.61 Å². The van der Waals surface area contributed by atoms with Crippen molar-refractivity contribution in [2.45, 2.75) is 13.8 Å². The predicted molar refractivity (Wildman–Crippen MR) is 109 cm³/mol. The number of rotatable bonds is 5. The minimum Gasteiger partial charge on any atom is -0.483 e. The van der Waals surface area contributed by atoms with Crippen LogP contribution in [0.3, 0.4) is 0 Å².